The number of hydrogen-bond donors (Lipinski definition) is 1. The van der Waals surface area contributed by atoms with Gasteiger partial charge in [-0.25, -0.2) is 4.79 Å². The van der Waals surface area contributed by atoms with Crippen LogP contribution in [0.15, 0.2) is 30.4 Å². The topological polar surface area (TPSA) is 92.7 Å². The second-order valence-electron chi connectivity index (χ2n) is 8.76. The van der Waals surface area contributed by atoms with Crippen LogP contribution in [0.3, 0.4) is 0 Å². The molecule has 0 amide bonds. The summed E-state index contributed by atoms with van der Waals surface area (Å²) < 4.78 is 33.9. The second-order valence-corrected chi connectivity index (χ2v) is 8.76. The maximum atomic E-state index is 13.2. The molecule has 0 bridgehead atoms. The predicted octanol–water partition coefficient (Wildman–Crippen LogP) is 3.71. The van der Waals surface area contributed by atoms with E-state index in [1.165, 1.54) is 7.11 Å². The molecule has 0 spiro atoms. The SMILES string of the molecule is COCOc1cc(OC)cc2c1C(=O)O[C@@H](C)[C@H](C)/C=C\C(O)C1OC(C)(C)OC1C/C=C/2. The Hall–Kier alpha value is -2.39. The maximum Gasteiger partial charge on any atom is 0.342 e. The van der Waals surface area contributed by atoms with E-state index in [0.29, 0.717) is 23.5 Å². The lowest BCUT2D eigenvalue weighted by Crippen LogP contribution is -2.34. The van der Waals surface area contributed by atoms with Crippen LogP contribution in [0.4, 0.5) is 0 Å². The molecule has 33 heavy (non-hydrogen) atoms. The van der Waals surface area contributed by atoms with E-state index in [2.05, 4.69) is 0 Å². The normalized spacial score (nSPS) is 31.5. The summed E-state index contributed by atoms with van der Waals surface area (Å²) in [5.41, 5.74) is 0.859. The molecule has 2 aliphatic heterocycles. The first-order valence-electron chi connectivity index (χ1n) is 11.1. The third-order valence-corrected chi connectivity index (χ3v) is 5.75. The van der Waals surface area contributed by atoms with Gasteiger partial charge in [-0.1, -0.05) is 31.2 Å². The zero-order valence-corrected chi connectivity index (χ0v) is 20.1. The first kappa shape index (κ1) is 25.2. The van der Waals surface area contributed by atoms with Crippen LogP contribution in [0.5, 0.6) is 11.5 Å². The van der Waals surface area contributed by atoms with Crippen LogP contribution in [-0.4, -0.2) is 62.3 Å². The highest BCUT2D eigenvalue weighted by Gasteiger charge is 2.43. The quantitative estimate of drug-likeness (QED) is 0.411. The molecule has 2 aliphatic rings. The van der Waals surface area contributed by atoms with E-state index in [1.54, 1.807) is 38.3 Å². The smallest absolute Gasteiger partial charge is 0.342 e. The Morgan fingerprint density at radius 3 is 2.61 bits per heavy atom. The van der Waals surface area contributed by atoms with Crippen molar-refractivity contribution >= 4 is 12.0 Å². The minimum absolute atomic E-state index is 0.0345. The van der Waals surface area contributed by atoms with Crippen LogP contribution in [0.2, 0.25) is 0 Å². The van der Waals surface area contributed by atoms with Crippen LogP contribution in [0.1, 0.15) is 50.0 Å². The minimum atomic E-state index is -0.861. The Balaban J connectivity index is 2.06. The van der Waals surface area contributed by atoms with Gasteiger partial charge in [-0.05, 0) is 38.8 Å². The third-order valence-electron chi connectivity index (χ3n) is 5.75. The lowest BCUT2D eigenvalue weighted by molar-refractivity contribution is -0.152. The molecule has 2 heterocycles. The van der Waals surface area contributed by atoms with Gasteiger partial charge in [-0.3, -0.25) is 0 Å². The van der Waals surface area contributed by atoms with Gasteiger partial charge in [0.05, 0.1) is 13.2 Å². The van der Waals surface area contributed by atoms with Crippen molar-refractivity contribution in [1.82, 2.24) is 0 Å². The lowest BCUT2D eigenvalue weighted by Gasteiger charge is -2.23. The molecular formula is C25H34O8. The van der Waals surface area contributed by atoms with E-state index in [-0.39, 0.29) is 24.4 Å². The third kappa shape index (κ3) is 6.14. The van der Waals surface area contributed by atoms with Crippen molar-refractivity contribution in [3.8, 4) is 11.5 Å². The first-order valence-corrected chi connectivity index (χ1v) is 11.1. The van der Waals surface area contributed by atoms with Crippen LogP contribution < -0.4 is 9.47 Å². The lowest BCUT2D eigenvalue weighted by atomic mass is 9.99. The van der Waals surface area contributed by atoms with Gasteiger partial charge in [0, 0.05) is 19.1 Å². The number of ether oxygens (including phenoxy) is 6. The average molecular weight is 463 g/mol. The van der Waals surface area contributed by atoms with Crippen molar-refractivity contribution in [2.24, 2.45) is 5.92 Å². The number of aliphatic hydroxyl groups excluding tert-OH is 1. The predicted molar refractivity (Wildman–Crippen MR) is 122 cm³/mol. The summed E-state index contributed by atoms with van der Waals surface area (Å²) in [6.07, 6.45) is 5.44. The van der Waals surface area contributed by atoms with Crippen LogP contribution >= 0.6 is 0 Å². The fraction of sp³-hybridized carbons (Fsp3) is 0.560. The van der Waals surface area contributed by atoms with Crippen molar-refractivity contribution < 1.29 is 38.3 Å². The number of hydrogen-bond acceptors (Lipinski definition) is 8. The summed E-state index contributed by atoms with van der Waals surface area (Å²) in [4.78, 5) is 13.2. The van der Waals surface area contributed by atoms with Gasteiger partial charge in [0.2, 0.25) is 0 Å². The Kier molecular flexibility index (Phi) is 8.18. The monoisotopic (exact) mass is 462 g/mol. The summed E-state index contributed by atoms with van der Waals surface area (Å²) in [6, 6.07) is 3.38. The van der Waals surface area contributed by atoms with Crippen molar-refractivity contribution in [2.45, 2.75) is 64.3 Å². The molecule has 1 aromatic carbocycles. The molecule has 0 saturated carbocycles. The molecule has 182 valence electrons. The molecule has 8 nitrogen and oxygen atoms in total. The van der Waals surface area contributed by atoms with E-state index in [9.17, 15) is 9.90 Å². The van der Waals surface area contributed by atoms with E-state index in [4.69, 9.17) is 28.4 Å². The molecule has 5 atom stereocenters. The number of cyclic esters (lactones) is 1. The van der Waals surface area contributed by atoms with E-state index >= 15 is 0 Å². The number of carbonyl (C=O) groups is 1. The van der Waals surface area contributed by atoms with Gasteiger partial charge in [0.25, 0.3) is 0 Å². The molecule has 1 fully saturated rings. The standard InChI is InChI=1S/C25H34O8/c1-15-10-11-19(26)23-20(32-25(3,4)33-23)9-7-8-17-12-18(29-6)13-21(30-14-28-5)22(17)24(27)31-16(15)2/h7-8,10-13,15-16,19-20,23,26H,9,14H2,1-6H3/b8-7+,11-10-/t15-,16+,19?,20?,23?/m1/s1. The number of aliphatic hydroxyl groups is 1. The molecular weight excluding hydrogens is 428 g/mol. The number of methoxy groups -OCH3 is 2. The van der Waals surface area contributed by atoms with Gasteiger partial charge >= 0.3 is 5.97 Å². The van der Waals surface area contributed by atoms with E-state index in [1.807, 2.05) is 32.9 Å². The summed E-state index contributed by atoms with van der Waals surface area (Å²) in [7, 11) is 3.05. The first-order chi connectivity index (χ1) is 15.6. The fourth-order valence-electron chi connectivity index (χ4n) is 3.87. The summed E-state index contributed by atoms with van der Waals surface area (Å²) in [6.45, 7) is 7.34. The van der Waals surface area contributed by atoms with E-state index < -0.39 is 30.1 Å². The number of fused-ring (bicyclic) bond motifs is 2. The second kappa shape index (κ2) is 10.7. The molecule has 0 aromatic heterocycles. The highest BCUT2D eigenvalue weighted by atomic mass is 16.8. The summed E-state index contributed by atoms with van der Waals surface area (Å²) in [5.74, 6) is -0.656. The fourth-order valence-corrected chi connectivity index (χ4v) is 3.87. The summed E-state index contributed by atoms with van der Waals surface area (Å²) >= 11 is 0. The van der Waals surface area contributed by atoms with Crippen LogP contribution in [0, 0.1) is 5.92 Å². The molecule has 1 saturated heterocycles. The summed E-state index contributed by atoms with van der Waals surface area (Å²) in [5, 5.41) is 10.8. The number of esters is 1. The molecule has 0 radical (unpaired) electrons. The zero-order chi connectivity index (χ0) is 24.2. The maximum absolute atomic E-state index is 13.2. The molecule has 0 aliphatic carbocycles. The van der Waals surface area contributed by atoms with Gasteiger partial charge in [0.15, 0.2) is 12.6 Å². The van der Waals surface area contributed by atoms with Gasteiger partial charge in [0.1, 0.15) is 35.4 Å². The minimum Gasteiger partial charge on any atom is -0.497 e. The van der Waals surface area contributed by atoms with Crippen LogP contribution in [-0.2, 0) is 18.9 Å². The molecule has 3 rings (SSSR count). The Morgan fingerprint density at radius 2 is 1.91 bits per heavy atom. The number of carbonyl (C=O) groups excluding carboxylic acids is 1. The number of rotatable bonds is 4. The van der Waals surface area contributed by atoms with Crippen molar-refractivity contribution in [3.05, 3.63) is 41.5 Å². The van der Waals surface area contributed by atoms with Crippen LogP contribution in [0.25, 0.3) is 6.08 Å². The molecule has 1 aromatic rings. The Labute approximate surface area is 195 Å². The highest BCUT2D eigenvalue weighted by molar-refractivity contribution is 5.97. The van der Waals surface area contributed by atoms with Gasteiger partial charge in [-0.15, -0.1) is 0 Å². The number of benzene rings is 1. The zero-order valence-electron chi connectivity index (χ0n) is 20.1. The Bertz CT molecular complexity index is 891. The average Bonchev–Trinajstić information content (AvgIpc) is 3.08. The molecule has 1 N–H and O–H groups in total. The van der Waals surface area contributed by atoms with Crippen molar-refractivity contribution in [3.63, 3.8) is 0 Å². The van der Waals surface area contributed by atoms with E-state index in [0.717, 1.165) is 0 Å². The van der Waals surface area contributed by atoms with Gasteiger partial charge in [-0.2, -0.15) is 0 Å². The van der Waals surface area contributed by atoms with Gasteiger partial charge < -0.3 is 33.5 Å². The highest BCUT2D eigenvalue weighted by Crippen LogP contribution is 2.35. The van der Waals surface area contributed by atoms with Crippen molar-refractivity contribution in [1.29, 1.82) is 0 Å². The Morgan fingerprint density at radius 1 is 1.15 bits per heavy atom. The van der Waals surface area contributed by atoms with Crippen molar-refractivity contribution in [2.75, 3.05) is 21.0 Å². The largest absolute Gasteiger partial charge is 0.497 e. The molecule has 8 heteroatoms. The molecule has 3 unspecified atom stereocenters.